The van der Waals surface area contributed by atoms with Crippen LogP contribution in [0.1, 0.15) is 41.9 Å². The summed E-state index contributed by atoms with van der Waals surface area (Å²) in [5.74, 6) is 0.236. The standard InChI is InChI=1S/C27H30N2O/c30-27(20-26(23-12-6-2-7-13-23)24-14-8-3-9-15-24)28-25-16-18-29(19-17-25)21-22-10-4-1-5-11-22/h1-15,25-26H,16-21H2,(H,28,30). The third-order valence-corrected chi connectivity index (χ3v) is 6.00. The molecule has 1 fully saturated rings. The van der Waals surface area contributed by atoms with Gasteiger partial charge in [-0.15, -0.1) is 0 Å². The Balaban J connectivity index is 1.32. The van der Waals surface area contributed by atoms with Gasteiger partial charge in [-0.3, -0.25) is 9.69 Å². The van der Waals surface area contributed by atoms with Crippen LogP contribution in [0.2, 0.25) is 0 Å². The van der Waals surface area contributed by atoms with Gasteiger partial charge in [0, 0.05) is 38.0 Å². The number of rotatable bonds is 7. The lowest BCUT2D eigenvalue weighted by atomic mass is 9.88. The Morgan fingerprint density at radius 3 is 1.83 bits per heavy atom. The second kappa shape index (κ2) is 10.2. The Morgan fingerprint density at radius 1 is 0.800 bits per heavy atom. The number of carbonyl (C=O) groups excluding carboxylic acids is 1. The molecular formula is C27H30N2O. The molecule has 3 aromatic carbocycles. The van der Waals surface area contributed by atoms with Crippen LogP contribution in [0.15, 0.2) is 91.0 Å². The highest BCUT2D eigenvalue weighted by atomic mass is 16.1. The number of hydrogen-bond donors (Lipinski definition) is 1. The van der Waals surface area contributed by atoms with Crippen molar-refractivity contribution >= 4 is 5.91 Å². The SMILES string of the molecule is O=C(CC(c1ccccc1)c1ccccc1)NC1CCN(Cc2ccccc2)CC1. The Kier molecular flexibility index (Phi) is 6.94. The normalized spacial score (nSPS) is 15.2. The quantitative estimate of drug-likeness (QED) is 0.608. The third-order valence-electron chi connectivity index (χ3n) is 6.00. The molecule has 0 aliphatic carbocycles. The first-order valence-electron chi connectivity index (χ1n) is 10.9. The van der Waals surface area contributed by atoms with Gasteiger partial charge < -0.3 is 5.32 Å². The predicted octanol–water partition coefficient (Wildman–Crippen LogP) is 4.99. The Labute approximate surface area is 179 Å². The lowest BCUT2D eigenvalue weighted by molar-refractivity contribution is -0.122. The molecule has 0 bridgehead atoms. The summed E-state index contributed by atoms with van der Waals surface area (Å²) in [5, 5.41) is 3.31. The molecule has 1 N–H and O–H groups in total. The zero-order valence-electron chi connectivity index (χ0n) is 17.4. The molecule has 1 aliphatic rings. The summed E-state index contributed by atoms with van der Waals surface area (Å²) in [6.45, 7) is 3.05. The van der Waals surface area contributed by atoms with Crippen LogP contribution in [0.3, 0.4) is 0 Å². The minimum atomic E-state index is 0.0885. The molecule has 4 rings (SSSR count). The molecule has 30 heavy (non-hydrogen) atoms. The fourth-order valence-electron chi connectivity index (χ4n) is 4.35. The van der Waals surface area contributed by atoms with Gasteiger partial charge in [0.05, 0.1) is 0 Å². The van der Waals surface area contributed by atoms with Crippen LogP contribution in [0.4, 0.5) is 0 Å². The van der Waals surface area contributed by atoms with Crippen molar-refractivity contribution in [2.24, 2.45) is 0 Å². The van der Waals surface area contributed by atoms with Gasteiger partial charge in [0.1, 0.15) is 0 Å². The first-order valence-corrected chi connectivity index (χ1v) is 10.9. The lowest BCUT2D eigenvalue weighted by Gasteiger charge is -2.32. The number of piperidine rings is 1. The number of benzene rings is 3. The van der Waals surface area contributed by atoms with Crippen molar-refractivity contribution in [3.8, 4) is 0 Å². The van der Waals surface area contributed by atoms with Crippen LogP contribution in [0, 0.1) is 0 Å². The molecule has 0 atom stereocenters. The Hall–Kier alpha value is -2.91. The number of nitrogens with one attached hydrogen (secondary N) is 1. The second-order valence-corrected chi connectivity index (χ2v) is 8.18. The van der Waals surface area contributed by atoms with Gasteiger partial charge in [0.25, 0.3) is 0 Å². The van der Waals surface area contributed by atoms with Crippen molar-refractivity contribution in [1.29, 1.82) is 0 Å². The fourth-order valence-corrected chi connectivity index (χ4v) is 4.35. The molecule has 1 saturated heterocycles. The third kappa shape index (κ3) is 5.58. The van der Waals surface area contributed by atoms with Gasteiger partial charge in [-0.2, -0.15) is 0 Å². The topological polar surface area (TPSA) is 32.3 Å². The van der Waals surface area contributed by atoms with Crippen LogP contribution in [0.25, 0.3) is 0 Å². The molecule has 3 heteroatoms. The van der Waals surface area contributed by atoms with E-state index in [-0.39, 0.29) is 17.9 Å². The zero-order valence-corrected chi connectivity index (χ0v) is 17.4. The van der Waals surface area contributed by atoms with Crippen LogP contribution in [0.5, 0.6) is 0 Å². The lowest BCUT2D eigenvalue weighted by Crippen LogP contribution is -2.44. The summed E-state index contributed by atoms with van der Waals surface area (Å²) >= 11 is 0. The number of amides is 1. The molecule has 154 valence electrons. The number of nitrogens with zero attached hydrogens (tertiary/aromatic N) is 1. The average Bonchev–Trinajstić information content (AvgIpc) is 2.81. The molecule has 0 unspecified atom stereocenters. The maximum absolute atomic E-state index is 12.9. The largest absolute Gasteiger partial charge is 0.353 e. The van der Waals surface area contributed by atoms with Crippen molar-refractivity contribution in [2.45, 2.75) is 37.8 Å². The predicted molar refractivity (Wildman–Crippen MR) is 122 cm³/mol. The minimum absolute atomic E-state index is 0.0885. The van der Waals surface area contributed by atoms with Crippen molar-refractivity contribution in [3.05, 3.63) is 108 Å². The highest BCUT2D eigenvalue weighted by Gasteiger charge is 2.23. The molecule has 3 nitrogen and oxygen atoms in total. The van der Waals surface area contributed by atoms with E-state index in [1.165, 1.54) is 16.7 Å². The molecule has 0 aromatic heterocycles. The summed E-state index contributed by atoms with van der Waals surface area (Å²) in [7, 11) is 0. The molecule has 0 spiro atoms. The van der Waals surface area contributed by atoms with Gasteiger partial charge in [-0.1, -0.05) is 91.0 Å². The van der Waals surface area contributed by atoms with Gasteiger partial charge in [-0.05, 0) is 29.5 Å². The maximum Gasteiger partial charge on any atom is 0.221 e. The van der Waals surface area contributed by atoms with Gasteiger partial charge in [0.15, 0.2) is 0 Å². The molecule has 1 amide bonds. The van der Waals surface area contributed by atoms with E-state index in [0.717, 1.165) is 32.5 Å². The molecule has 1 heterocycles. The van der Waals surface area contributed by atoms with E-state index in [4.69, 9.17) is 0 Å². The Bertz CT molecular complexity index is 864. The van der Waals surface area contributed by atoms with E-state index in [9.17, 15) is 4.79 Å². The summed E-state index contributed by atoms with van der Waals surface area (Å²) in [6.07, 6.45) is 2.51. The van der Waals surface area contributed by atoms with Crippen LogP contribution < -0.4 is 5.32 Å². The molecule has 3 aromatic rings. The summed E-state index contributed by atoms with van der Waals surface area (Å²) < 4.78 is 0. The van der Waals surface area contributed by atoms with Crippen molar-refractivity contribution in [1.82, 2.24) is 10.2 Å². The van der Waals surface area contributed by atoms with Crippen molar-refractivity contribution in [2.75, 3.05) is 13.1 Å². The highest BCUT2D eigenvalue weighted by Crippen LogP contribution is 2.28. The number of likely N-dealkylation sites (tertiary alicyclic amines) is 1. The van der Waals surface area contributed by atoms with Crippen LogP contribution in [-0.4, -0.2) is 29.9 Å². The van der Waals surface area contributed by atoms with Gasteiger partial charge in [0.2, 0.25) is 5.91 Å². The van der Waals surface area contributed by atoms with Crippen molar-refractivity contribution < 1.29 is 4.79 Å². The minimum Gasteiger partial charge on any atom is -0.353 e. The van der Waals surface area contributed by atoms with E-state index in [1.807, 2.05) is 36.4 Å². The first-order chi connectivity index (χ1) is 14.8. The van der Waals surface area contributed by atoms with Crippen molar-refractivity contribution in [3.63, 3.8) is 0 Å². The highest BCUT2D eigenvalue weighted by molar-refractivity contribution is 5.78. The monoisotopic (exact) mass is 398 g/mol. The molecule has 0 radical (unpaired) electrons. The van der Waals surface area contributed by atoms with E-state index >= 15 is 0 Å². The molecule has 1 aliphatic heterocycles. The van der Waals surface area contributed by atoms with E-state index in [0.29, 0.717) is 6.42 Å². The van der Waals surface area contributed by atoms with E-state index < -0.39 is 0 Å². The summed E-state index contributed by atoms with van der Waals surface area (Å²) in [5.41, 5.74) is 3.74. The summed E-state index contributed by atoms with van der Waals surface area (Å²) in [4.78, 5) is 15.4. The zero-order chi connectivity index (χ0) is 20.6. The van der Waals surface area contributed by atoms with Crippen LogP contribution >= 0.6 is 0 Å². The molecular weight excluding hydrogens is 368 g/mol. The maximum atomic E-state index is 12.9. The average molecular weight is 399 g/mol. The Morgan fingerprint density at radius 2 is 1.30 bits per heavy atom. The number of carbonyl (C=O) groups is 1. The second-order valence-electron chi connectivity index (χ2n) is 8.18. The molecule has 0 saturated carbocycles. The number of hydrogen-bond acceptors (Lipinski definition) is 2. The van der Waals surface area contributed by atoms with E-state index in [2.05, 4.69) is 64.8 Å². The fraction of sp³-hybridized carbons (Fsp3) is 0.296. The summed E-state index contributed by atoms with van der Waals surface area (Å²) in [6, 6.07) is 31.6. The van der Waals surface area contributed by atoms with Crippen LogP contribution in [-0.2, 0) is 11.3 Å². The van der Waals surface area contributed by atoms with E-state index in [1.54, 1.807) is 0 Å². The smallest absolute Gasteiger partial charge is 0.221 e. The van der Waals surface area contributed by atoms with Gasteiger partial charge in [-0.25, -0.2) is 0 Å². The van der Waals surface area contributed by atoms with Gasteiger partial charge >= 0.3 is 0 Å². The first kappa shape index (κ1) is 20.4.